The van der Waals surface area contributed by atoms with Gasteiger partial charge in [0, 0.05) is 57.1 Å². The van der Waals surface area contributed by atoms with Crippen LogP contribution in [0.2, 0.25) is 4.34 Å². The highest BCUT2D eigenvalue weighted by atomic mass is 35.5. The van der Waals surface area contributed by atoms with Crippen LogP contribution in [0.25, 0.3) is 0 Å². The van der Waals surface area contributed by atoms with Gasteiger partial charge in [-0.05, 0) is 35.9 Å². The summed E-state index contributed by atoms with van der Waals surface area (Å²) in [7, 11) is 0. The summed E-state index contributed by atoms with van der Waals surface area (Å²) >= 11 is 7.06. The van der Waals surface area contributed by atoms with Crippen molar-refractivity contribution in [2.24, 2.45) is 0 Å². The zero-order chi connectivity index (χ0) is 23.9. The van der Waals surface area contributed by atoms with Crippen LogP contribution < -0.4 is 10.2 Å². The maximum absolute atomic E-state index is 12.7. The molecule has 0 saturated carbocycles. The standard InChI is InChI=1S/C24H24ClN5O3S/c25-21-8-7-20(34-21)19(31)6-9-22(32)28-18-4-2-17(3-5-18)16-23(33)29-12-14-30(15-13-29)24-26-10-1-11-27-24/h1-5,7-8,10-11H,6,9,12-16H2,(H,28,32). The topological polar surface area (TPSA) is 95.5 Å². The third-order valence-electron chi connectivity index (χ3n) is 5.49. The van der Waals surface area contributed by atoms with E-state index in [2.05, 4.69) is 20.2 Å². The van der Waals surface area contributed by atoms with Crippen molar-refractivity contribution in [2.75, 3.05) is 36.4 Å². The number of thiophene rings is 1. The fourth-order valence-electron chi connectivity index (χ4n) is 3.64. The van der Waals surface area contributed by atoms with E-state index < -0.39 is 0 Å². The lowest BCUT2D eigenvalue weighted by Gasteiger charge is -2.34. The second-order valence-corrected chi connectivity index (χ2v) is 9.58. The Morgan fingerprint density at radius 2 is 1.65 bits per heavy atom. The molecule has 1 aliphatic rings. The second-order valence-electron chi connectivity index (χ2n) is 7.87. The van der Waals surface area contributed by atoms with Crippen molar-refractivity contribution in [1.29, 1.82) is 0 Å². The molecule has 10 heteroatoms. The molecule has 4 rings (SSSR count). The number of benzene rings is 1. The number of hydrogen-bond acceptors (Lipinski definition) is 7. The minimum Gasteiger partial charge on any atom is -0.339 e. The van der Waals surface area contributed by atoms with Gasteiger partial charge >= 0.3 is 0 Å². The zero-order valence-corrected chi connectivity index (χ0v) is 20.0. The lowest BCUT2D eigenvalue weighted by Crippen LogP contribution is -2.49. The molecule has 1 saturated heterocycles. The Morgan fingerprint density at radius 3 is 2.29 bits per heavy atom. The summed E-state index contributed by atoms with van der Waals surface area (Å²) in [4.78, 5) is 50.0. The van der Waals surface area contributed by atoms with Crippen LogP contribution in [0.3, 0.4) is 0 Å². The van der Waals surface area contributed by atoms with Crippen molar-refractivity contribution < 1.29 is 14.4 Å². The van der Waals surface area contributed by atoms with Crippen LogP contribution >= 0.6 is 22.9 Å². The van der Waals surface area contributed by atoms with Crippen LogP contribution in [-0.4, -0.2) is 58.6 Å². The highest BCUT2D eigenvalue weighted by Crippen LogP contribution is 2.23. The molecule has 3 aromatic rings. The number of ketones is 1. The predicted octanol–water partition coefficient (Wildman–Crippen LogP) is 3.68. The molecule has 1 aliphatic heterocycles. The number of Topliss-reactive ketones (excluding diaryl/α,β-unsaturated/α-hetero) is 1. The summed E-state index contributed by atoms with van der Waals surface area (Å²) in [6.07, 6.45) is 3.95. The Morgan fingerprint density at radius 1 is 0.941 bits per heavy atom. The van der Waals surface area contributed by atoms with E-state index in [1.807, 2.05) is 17.0 Å². The molecule has 176 valence electrons. The summed E-state index contributed by atoms with van der Waals surface area (Å²) in [6.45, 7) is 2.65. The Kier molecular flexibility index (Phi) is 7.87. The summed E-state index contributed by atoms with van der Waals surface area (Å²) in [6, 6.07) is 12.3. The van der Waals surface area contributed by atoms with Crippen molar-refractivity contribution in [3.8, 4) is 0 Å². The van der Waals surface area contributed by atoms with E-state index in [4.69, 9.17) is 11.6 Å². The largest absolute Gasteiger partial charge is 0.339 e. The van der Waals surface area contributed by atoms with Crippen molar-refractivity contribution >= 4 is 52.2 Å². The molecular weight excluding hydrogens is 474 g/mol. The first-order chi connectivity index (χ1) is 16.5. The van der Waals surface area contributed by atoms with Gasteiger partial charge in [-0.3, -0.25) is 14.4 Å². The van der Waals surface area contributed by atoms with Gasteiger partial charge in [-0.15, -0.1) is 11.3 Å². The highest BCUT2D eigenvalue weighted by molar-refractivity contribution is 7.18. The Bertz CT molecular complexity index is 1140. The molecule has 0 atom stereocenters. The molecule has 34 heavy (non-hydrogen) atoms. The van der Waals surface area contributed by atoms with Crippen LogP contribution in [0, 0.1) is 0 Å². The van der Waals surface area contributed by atoms with Crippen molar-refractivity contribution in [3.05, 3.63) is 69.6 Å². The first-order valence-electron chi connectivity index (χ1n) is 10.9. The Hall–Kier alpha value is -3.30. The molecule has 8 nitrogen and oxygen atoms in total. The molecule has 0 aliphatic carbocycles. The van der Waals surface area contributed by atoms with Gasteiger partial charge < -0.3 is 15.1 Å². The number of aromatic nitrogens is 2. The van der Waals surface area contributed by atoms with Gasteiger partial charge in [-0.25, -0.2) is 9.97 Å². The monoisotopic (exact) mass is 497 g/mol. The third kappa shape index (κ3) is 6.39. The number of halogens is 1. The minimum atomic E-state index is -0.236. The molecule has 3 heterocycles. The van der Waals surface area contributed by atoms with Gasteiger partial charge in [-0.1, -0.05) is 23.7 Å². The molecule has 0 unspecified atom stereocenters. The summed E-state index contributed by atoms with van der Waals surface area (Å²) in [5, 5.41) is 2.79. The molecular formula is C24H24ClN5O3S. The van der Waals surface area contributed by atoms with E-state index >= 15 is 0 Å². The van der Waals surface area contributed by atoms with Crippen molar-refractivity contribution in [1.82, 2.24) is 14.9 Å². The van der Waals surface area contributed by atoms with Gasteiger partial charge in [0.1, 0.15) is 0 Å². The summed E-state index contributed by atoms with van der Waals surface area (Å²) < 4.78 is 0.551. The van der Waals surface area contributed by atoms with Gasteiger partial charge in [0.05, 0.1) is 15.6 Å². The van der Waals surface area contributed by atoms with Crippen LogP contribution in [0.5, 0.6) is 0 Å². The van der Waals surface area contributed by atoms with Crippen LogP contribution in [0.4, 0.5) is 11.6 Å². The third-order valence-corrected chi connectivity index (χ3v) is 6.76. The van der Waals surface area contributed by atoms with E-state index in [0.29, 0.717) is 53.4 Å². The van der Waals surface area contributed by atoms with Crippen LogP contribution in [-0.2, 0) is 16.0 Å². The van der Waals surface area contributed by atoms with Gasteiger partial charge in [0.15, 0.2) is 5.78 Å². The average molecular weight is 498 g/mol. The number of piperazine rings is 1. The smallest absolute Gasteiger partial charge is 0.227 e. The highest BCUT2D eigenvalue weighted by Gasteiger charge is 2.22. The fourth-order valence-corrected chi connectivity index (χ4v) is 4.65. The number of nitrogens with zero attached hydrogens (tertiary/aromatic N) is 4. The van der Waals surface area contributed by atoms with Gasteiger partial charge in [-0.2, -0.15) is 0 Å². The maximum Gasteiger partial charge on any atom is 0.227 e. The number of carbonyl (C=O) groups is 3. The average Bonchev–Trinajstić information content (AvgIpc) is 3.31. The molecule has 2 amide bonds. The predicted molar refractivity (Wildman–Crippen MR) is 132 cm³/mol. The molecule has 2 aromatic heterocycles. The molecule has 0 spiro atoms. The SMILES string of the molecule is O=C(CCC(=O)c1ccc(Cl)s1)Nc1ccc(CC(=O)N2CCN(c3ncccn3)CC2)cc1. The van der Waals surface area contributed by atoms with E-state index in [1.165, 1.54) is 11.3 Å². The number of hydrogen-bond donors (Lipinski definition) is 1. The molecule has 0 bridgehead atoms. The first kappa shape index (κ1) is 23.8. The van der Waals surface area contributed by atoms with E-state index in [0.717, 1.165) is 5.56 Å². The van der Waals surface area contributed by atoms with Crippen LogP contribution in [0.15, 0.2) is 54.9 Å². The number of rotatable bonds is 8. The lowest BCUT2D eigenvalue weighted by atomic mass is 10.1. The van der Waals surface area contributed by atoms with Gasteiger partial charge in [0.2, 0.25) is 17.8 Å². The van der Waals surface area contributed by atoms with E-state index in [9.17, 15) is 14.4 Å². The first-order valence-corrected chi connectivity index (χ1v) is 12.1. The van der Waals surface area contributed by atoms with Crippen molar-refractivity contribution in [3.63, 3.8) is 0 Å². The van der Waals surface area contributed by atoms with E-state index in [1.54, 1.807) is 42.7 Å². The van der Waals surface area contributed by atoms with Crippen molar-refractivity contribution in [2.45, 2.75) is 19.3 Å². The maximum atomic E-state index is 12.7. The molecule has 1 N–H and O–H groups in total. The lowest BCUT2D eigenvalue weighted by molar-refractivity contribution is -0.130. The Balaban J connectivity index is 1.21. The normalized spacial score (nSPS) is 13.6. The second kappa shape index (κ2) is 11.2. The number of nitrogens with one attached hydrogen (secondary N) is 1. The van der Waals surface area contributed by atoms with Crippen LogP contribution in [0.1, 0.15) is 28.1 Å². The summed E-state index contributed by atoms with van der Waals surface area (Å²) in [5.74, 6) is 0.420. The number of carbonyl (C=O) groups excluding carboxylic acids is 3. The molecule has 1 aromatic carbocycles. The molecule has 0 radical (unpaired) electrons. The zero-order valence-electron chi connectivity index (χ0n) is 18.4. The van der Waals surface area contributed by atoms with E-state index in [-0.39, 0.29) is 30.4 Å². The fraction of sp³-hybridized carbons (Fsp3) is 0.292. The Labute approximate surface area is 206 Å². The number of anilines is 2. The molecule has 1 fully saturated rings. The number of amides is 2. The summed E-state index contributed by atoms with van der Waals surface area (Å²) in [5.41, 5.74) is 1.51. The quantitative estimate of drug-likeness (QED) is 0.477. The van der Waals surface area contributed by atoms with Gasteiger partial charge in [0.25, 0.3) is 0 Å². The minimum absolute atomic E-state index is 0.0672.